The van der Waals surface area contributed by atoms with Gasteiger partial charge >= 0.3 is 6.09 Å². The van der Waals surface area contributed by atoms with Crippen molar-refractivity contribution in [3.63, 3.8) is 0 Å². The number of aryl methyl sites for hydroxylation is 1. The zero-order valence-electron chi connectivity index (χ0n) is 16.9. The first-order valence-corrected chi connectivity index (χ1v) is 11.3. The van der Waals surface area contributed by atoms with Crippen LogP contribution in [0.3, 0.4) is 0 Å². The smallest absolute Gasteiger partial charge is 0.414 e. The van der Waals surface area contributed by atoms with Crippen molar-refractivity contribution >= 4 is 44.1 Å². The number of hydrogen-bond donors (Lipinski definition) is 2. The average molecular weight is 455 g/mol. The number of hydrogen-bond acceptors (Lipinski definition) is 8. The number of amides is 3. The van der Waals surface area contributed by atoms with Crippen molar-refractivity contribution in [1.29, 1.82) is 0 Å². The van der Waals surface area contributed by atoms with Gasteiger partial charge in [0.15, 0.2) is 9.84 Å². The zero-order valence-corrected chi connectivity index (χ0v) is 18.5. The van der Waals surface area contributed by atoms with Gasteiger partial charge in [0.1, 0.15) is 16.5 Å². The maximum absolute atomic E-state index is 12.5. The predicted molar refractivity (Wildman–Crippen MR) is 112 cm³/mol. The Kier molecular flexibility index (Phi) is 7.57. The molecule has 2 aromatic rings. The Morgan fingerprint density at radius 3 is 2.30 bits per heavy atom. The Morgan fingerprint density at radius 2 is 1.73 bits per heavy atom. The summed E-state index contributed by atoms with van der Waals surface area (Å²) in [6.07, 6.45) is -0.912. The predicted octanol–water partition coefficient (Wildman–Crippen LogP) is 2.67. The molecule has 0 bridgehead atoms. The summed E-state index contributed by atoms with van der Waals surface area (Å²) in [5.41, 5.74) is 0.649. The highest BCUT2D eigenvalue weighted by atomic mass is 32.2. The number of alkyl carbamates (subject to hydrolysis) is 1. The highest BCUT2D eigenvalue weighted by molar-refractivity contribution is 7.92. The van der Waals surface area contributed by atoms with Gasteiger partial charge in [-0.05, 0) is 50.6 Å². The summed E-state index contributed by atoms with van der Waals surface area (Å²) in [4.78, 5) is 37.1. The molecule has 9 nitrogen and oxygen atoms in total. The Labute approximate surface area is 178 Å². The van der Waals surface area contributed by atoms with E-state index >= 15 is 0 Å². The number of methoxy groups -OCH3 is 1. The molecule has 0 aliphatic carbocycles. The van der Waals surface area contributed by atoms with E-state index < -0.39 is 33.5 Å². The fourth-order valence-corrected chi connectivity index (χ4v) is 4.72. The Morgan fingerprint density at radius 1 is 1.10 bits per heavy atom. The van der Waals surface area contributed by atoms with Gasteiger partial charge in [-0.25, -0.2) is 13.2 Å². The van der Waals surface area contributed by atoms with E-state index in [1.54, 1.807) is 20.8 Å². The van der Waals surface area contributed by atoms with E-state index in [2.05, 4.69) is 15.4 Å². The monoisotopic (exact) mass is 454 g/mol. The van der Waals surface area contributed by atoms with Crippen LogP contribution in [0.5, 0.6) is 5.75 Å². The molecule has 0 aliphatic heterocycles. The first kappa shape index (κ1) is 23.4. The van der Waals surface area contributed by atoms with Crippen LogP contribution in [-0.2, 0) is 19.4 Å². The van der Waals surface area contributed by atoms with Crippen molar-refractivity contribution in [3.8, 4) is 5.75 Å². The minimum Gasteiger partial charge on any atom is -0.497 e. The van der Waals surface area contributed by atoms with E-state index in [-0.39, 0.29) is 22.1 Å². The summed E-state index contributed by atoms with van der Waals surface area (Å²) in [5, 5.41) is 4.70. The lowest BCUT2D eigenvalue weighted by Gasteiger charge is -2.09. The van der Waals surface area contributed by atoms with Crippen molar-refractivity contribution in [2.75, 3.05) is 24.8 Å². The van der Waals surface area contributed by atoms with Crippen LogP contribution in [0.15, 0.2) is 29.2 Å². The molecule has 2 N–H and O–H groups in total. The number of anilines is 1. The summed E-state index contributed by atoms with van der Waals surface area (Å²) in [6.45, 7) is 5.09. The Balaban J connectivity index is 2.19. The number of carbonyl (C=O) groups excluding carboxylic acids is 3. The SMILES string of the molecule is CCOC(=O)NC(=O)c1c(NC(=O)CS(=O)(=O)c2ccc(OC)cc2)sc(C)c1C. The van der Waals surface area contributed by atoms with Gasteiger partial charge in [0.05, 0.1) is 24.2 Å². The number of nitrogens with one attached hydrogen (secondary N) is 2. The lowest BCUT2D eigenvalue weighted by Crippen LogP contribution is -2.32. The third-order valence-electron chi connectivity index (χ3n) is 4.10. The molecule has 0 saturated carbocycles. The number of benzene rings is 1. The lowest BCUT2D eigenvalue weighted by molar-refractivity contribution is -0.113. The number of ether oxygens (including phenoxy) is 2. The van der Waals surface area contributed by atoms with Crippen LogP contribution < -0.4 is 15.4 Å². The lowest BCUT2D eigenvalue weighted by atomic mass is 10.1. The van der Waals surface area contributed by atoms with Crippen molar-refractivity contribution in [3.05, 3.63) is 40.3 Å². The quantitative estimate of drug-likeness (QED) is 0.658. The van der Waals surface area contributed by atoms with E-state index in [9.17, 15) is 22.8 Å². The summed E-state index contributed by atoms with van der Waals surface area (Å²) in [6, 6.07) is 5.65. The van der Waals surface area contributed by atoms with Gasteiger partial charge in [-0.2, -0.15) is 0 Å². The van der Waals surface area contributed by atoms with E-state index in [0.29, 0.717) is 11.3 Å². The second-order valence-electron chi connectivity index (χ2n) is 6.14. The zero-order chi connectivity index (χ0) is 22.5. The van der Waals surface area contributed by atoms with Gasteiger partial charge in [0.25, 0.3) is 5.91 Å². The van der Waals surface area contributed by atoms with Crippen LogP contribution in [0.25, 0.3) is 0 Å². The maximum atomic E-state index is 12.5. The molecule has 0 saturated heterocycles. The minimum absolute atomic E-state index is 0.0303. The molecule has 0 atom stereocenters. The molecule has 11 heteroatoms. The molecule has 0 spiro atoms. The van der Waals surface area contributed by atoms with Crippen LogP contribution in [0, 0.1) is 13.8 Å². The van der Waals surface area contributed by atoms with Crippen molar-refractivity contribution in [2.24, 2.45) is 0 Å². The van der Waals surface area contributed by atoms with Crippen molar-refractivity contribution in [1.82, 2.24) is 5.32 Å². The van der Waals surface area contributed by atoms with Crippen LogP contribution in [-0.4, -0.2) is 45.8 Å². The number of sulfone groups is 1. The van der Waals surface area contributed by atoms with E-state index in [4.69, 9.17) is 4.74 Å². The first-order chi connectivity index (χ1) is 14.1. The minimum atomic E-state index is -3.90. The third kappa shape index (κ3) is 5.57. The maximum Gasteiger partial charge on any atom is 0.414 e. The molecular weight excluding hydrogens is 432 g/mol. The van der Waals surface area contributed by atoms with E-state index in [0.717, 1.165) is 16.2 Å². The van der Waals surface area contributed by atoms with Crippen molar-refractivity contribution < 1.29 is 32.3 Å². The standard InChI is InChI=1S/C19H22N2O7S2/c1-5-28-19(24)21-17(23)16-11(2)12(3)29-18(16)20-15(22)10-30(25,26)14-8-6-13(27-4)7-9-14/h6-9H,5,10H2,1-4H3,(H,20,22)(H,21,23,24). The number of thiophene rings is 1. The van der Waals surface area contributed by atoms with Gasteiger partial charge in [-0.3, -0.25) is 14.9 Å². The topological polar surface area (TPSA) is 128 Å². The van der Waals surface area contributed by atoms with Crippen LogP contribution in [0.1, 0.15) is 27.7 Å². The summed E-state index contributed by atoms with van der Waals surface area (Å²) < 4.78 is 34.7. The second kappa shape index (κ2) is 9.72. The second-order valence-corrected chi connectivity index (χ2v) is 9.36. The van der Waals surface area contributed by atoms with Crippen LogP contribution >= 0.6 is 11.3 Å². The van der Waals surface area contributed by atoms with Crippen molar-refractivity contribution in [2.45, 2.75) is 25.7 Å². The molecule has 1 aromatic carbocycles. The largest absolute Gasteiger partial charge is 0.497 e. The van der Waals surface area contributed by atoms with E-state index in [1.165, 1.54) is 31.4 Å². The van der Waals surface area contributed by atoms with Gasteiger partial charge < -0.3 is 14.8 Å². The summed E-state index contributed by atoms with van der Waals surface area (Å²) in [7, 11) is -2.45. The van der Waals surface area contributed by atoms with Gasteiger partial charge in [0.2, 0.25) is 5.91 Å². The molecule has 0 unspecified atom stereocenters. The highest BCUT2D eigenvalue weighted by Crippen LogP contribution is 2.32. The molecule has 0 fully saturated rings. The number of carbonyl (C=O) groups is 3. The van der Waals surface area contributed by atoms with E-state index in [1.807, 2.05) is 0 Å². The molecule has 2 rings (SSSR count). The third-order valence-corrected chi connectivity index (χ3v) is 6.85. The van der Waals surface area contributed by atoms with Gasteiger partial charge in [-0.15, -0.1) is 11.3 Å². The summed E-state index contributed by atoms with van der Waals surface area (Å²) in [5.74, 6) is -1.88. The molecule has 0 radical (unpaired) electrons. The normalized spacial score (nSPS) is 10.9. The summed E-state index contributed by atoms with van der Waals surface area (Å²) >= 11 is 1.11. The van der Waals surface area contributed by atoms with Crippen LogP contribution in [0.2, 0.25) is 0 Å². The van der Waals surface area contributed by atoms with Gasteiger partial charge in [-0.1, -0.05) is 0 Å². The Bertz CT molecular complexity index is 1060. The van der Waals surface area contributed by atoms with Crippen LogP contribution in [0.4, 0.5) is 9.80 Å². The van der Waals surface area contributed by atoms with Gasteiger partial charge in [0, 0.05) is 4.88 Å². The molecule has 0 aliphatic rings. The molecule has 1 heterocycles. The first-order valence-electron chi connectivity index (χ1n) is 8.83. The molecule has 30 heavy (non-hydrogen) atoms. The highest BCUT2D eigenvalue weighted by Gasteiger charge is 2.25. The molecular formula is C19H22N2O7S2. The Hall–Kier alpha value is -2.92. The molecule has 3 amide bonds. The number of imide groups is 1. The molecule has 162 valence electrons. The fourth-order valence-electron chi connectivity index (χ4n) is 2.51. The average Bonchev–Trinajstić information content (AvgIpc) is 2.94. The fraction of sp³-hybridized carbons (Fsp3) is 0.316. The number of rotatable bonds is 7. The molecule has 1 aromatic heterocycles.